The molecule has 7 nitrogen and oxygen atoms in total. The smallest absolute Gasteiger partial charge is 0.231 e. The predicted molar refractivity (Wildman–Crippen MR) is 87.8 cm³/mol. The molecule has 0 bridgehead atoms. The molecule has 7 heteroatoms. The van der Waals surface area contributed by atoms with Crippen molar-refractivity contribution < 1.29 is 4.74 Å². The van der Waals surface area contributed by atoms with Crippen molar-refractivity contribution in [1.29, 1.82) is 0 Å². The second kappa shape index (κ2) is 7.69. The molecule has 0 saturated heterocycles. The highest BCUT2D eigenvalue weighted by atomic mass is 16.5. The molecule has 0 aliphatic heterocycles. The molecule has 0 radical (unpaired) electrons. The number of hydrogen-bond acceptors (Lipinski definition) is 7. The Labute approximate surface area is 133 Å². The molecule has 2 heterocycles. The molecule has 0 amide bonds. The molecule has 1 aromatic carbocycles. The molecule has 0 unspecified atom stereocenters. The normalized spacial score (nSPS) is 10.1. The summed E-state index contributed by atoms with van der Waals surface area (Å²) in [6.07, 6.45) is 4.97. The van der Waals surface area contributed by atoms with E-state index in [0.29, 0.717) is 30.9 Å². The van der Waals surface area contributed by atoms with Gasteiger partial charge in [0.25, 0.3) is 0 Å². The van der Waals surface area contributed by atoms with E-state index in [9.17, 15) is 0 Å². The molecule has 0 atom stereocenters. The van der Waals surface area contributed by atoms with Crippen LogP contribution in [0.5, 0.6) is 5.75 Å². The van der Waals surface area contributed by atoms with E-state index in [0.717, 1.165) is 5.75 Å². The Morgan fingerprint density at radius 1 is 0.826 bits per heavy atom. The van der Waals surface area contributed by atoms with Crippen LogP contribution in [0.15, 0.2) is 61.1 Å². The van der Waals surface area contributed by atoms with Crippen LogP contribution in [0.4, 0.5) is 17.7 Å². The molecule has 116 valence electrons. The largest absolute Gasteiger partial charge is 0.492 e. The van der Waals surface area contributed by atoms with Gasteiger partial charge in [0.05, 0.1) is 6.54 Å². The number of rotatable bonds is 7. The summed E-state index contributed by atoms with van der Waals surface area (Å²) in [4.78, 5) is 16.6. The summed E-state index contributed by atoms with van der Waals surface area (Å²) in [5.41, 5.74) is 0. The third-order valence-electron chi connectivity index (χ3n) is 2.87. The molecule has 0 spiro atoms. The number of hydrogen-bond donors (Lipinski definition) is 2. The first kappa shape index (κ1) is 14.7. The molecule has 3 aromatic rings. The molecular weight excluding hydrogens is 292 g/mol. The summed E-state index contributed by atoms with van der Waals surface area (Å²) in [6.45, 7) is 1.17. The van der Waals surface area contributed by atoms with Crippen molar-refractivity contribution in [3.8, 4) is 5.75 Å². The first-order valence-corrected chi connectivity index (χ1v) is 7.19. The van der Waals surface area contributed by atoms with Crippen molar-refractivity contribution in [2.45, 2.75) is 0 Å². The number of ether oxygens (including phenoxy) is 1. The summed E-state index contributed by atoms with van der Waals surface area (Å²) < 4.78 is 5.61. The zero-order chi connectivity index (χ0) is 15.7. The fourth-order valence-electron chi connectivity index (χ4n) is 1.85. The minimum absolute atomic E-state index is 0.435. The zero-order valence-electron chi connectivity index (χ0n) is 12.4. The third kappa shape index (κ3) is 4.63. The van der Waals surface area contributed by atoms with Crippen LogP contribution >= 0.6 is 0 Å². The molecular formula is C16H16N6O. The highest BCUT2D eigenvalue weighted by molar-refractivity contribution is 5.46. The number of benzene rings is 1. The van der Waals surface area contributed by atoms with Crippen LogP contribution in [-0.4, -0.2) is 33.1 Å². The SMILES string of the molecule is c1ccc(OCCNc2ccnc(Nc3ncccn3)n2)cc1. The topological polar surface area (TPSA) is 84.9 Å². The summed E-state index contributed by atoms with van der Waals surface area (Å²) in [6, 6.07) is 13.2. The van der Waals surface area contributed by atoms with Crippen LogP contribution < -0.4 is 15.4 Å². The fraction of sp³-hybridized carbons (Fsp3) is 0.125. The van der Waals surface area contributed by atoms with Crippen molar-refractivity contribution >= 4 is 17.7 Å². The molecule has 2 N–H and O–H groups in total. The average molecular weight is 308 g/mol. The van der Waals surface area contributed by atoms with Gasteiger partial charge >= 0.3 is 0 Å². The second-order valence-electron chi connectivity index (χ2n) is 4.55. The van der Waals surface area contributed by atoms with Gasteiger partial charge in [0.1, 0.15) is 18.2 Å². The van der Waals surface area contributed by atoms with Crippen LogP contribution in [0.1, 0.15) is 0 Å². The maximum atomic E-state index is 5.61. The van der Waals surface area contributed by atoms with E-state index in [-0.39, 0.29) is 0 Å². The summed E-state index contributed by atoms with van der Waals surface area (Å²) >= 11 is 0. The molecule has 23 heavy (non-hydrogen) atoms. The van der Waals surface area contributed by atoms with Gasteiger partial charge in [0.15, 0.2) is 0 Å². The lowest BCUT2D eigenvalue weighted by Gasteiger charge is -2.09. The Morgan fingerprint density at radius 2 is 1.61 bits per heavy atom. The van der Waals surface area contributed by atoms with Crippen molar-refractivity contribution in [3.63, 3.8) is 0 Å². The van der Waals surface area contributed by atoms with E-state index in [4.69, 9.17) is 4.74 Å². The Balaban J connectivity index is 1.49. The molecule has 0 aliphatic rings. The first-order valence-electron chi connectivity index (χ1n) is 7.19. The van der Waals surface area contributed by atoms with Crippen LogP contribution in [0.2, 0.25) is 0 Å². The van der Waals surface area contributed by atoms with Crippen LogP contribution in [-0.2, 0) is 0 Å². The Morgan fingerprint density at radius 3 is 2.43 bits per heavy atom. The first-order chi connectivity index (χ1) is 11.4. The standard InChI is InChI=1S/C16H16N6O/c1-2-5-13(6-3-1)23-12-11-17-14-7-10-20-16(21-14)22-15-18-8-4-9-19-15/h1-10H,11-12H2,(H2,17,18,19,20,21,22). The molecule has 3 rings (SSSR count). The van der Waals surface area contributed by atoms with Gasteiger partial charge < -0.3 is 10.1 Å². The van der Waals surface area contributed by atoms with Gasteiger partial charge in [-0.1, -0.05) is 18.2 Å². The van der Waals surface area contributed by atoms with Gasteiger partial charge in [0, 0.05) is 18.6 Å². The van der Waals surface area contributed by atoms with E-state index in [1.54, 1.807) is 30.7 Å². The summed E-state index contributed by atoms with van der Waals surface area (Å²) in [5, 5.41) is 6.13. The number of anilines is 3. The Bertz CT molecular complexity index is 723. The van der Waals surface area contributed by atoms with E-state index >= 15 is 0 Å². The van der Waals surface area contributed by atoms with E-state index in [1.807, 2.05) is 30.3 Å². The van der Waals surface area contributed by atoms with Crippen LogP contribution in [0.25, 0.3) is 0 Å². The number of nitrogens with zero attached hydrogens (tertiary/aromatic N) is 4. The van der Waals surface area contributed by atoms with Crippen molar-refractivity contribution in [2.75, 3.05) is 23.8 Å². The van der Waals surface area contributed by atoms with Crippen molar-refractivity contribution in [2.24, 2.45) is 0 Å². The third-order valence-corrected chi connectivity index (χ3v) is 2.87. The van der Waals surface area contributed by atoms with Gasteiger partial charge in [-0.3, -0.25) is 5.32 Å². The number of aromatic nitrogens is 4. The molecule has 0 saturated carbocycles. The van der Waals surface area contributed by atoms with Crippen LogP contribution in [0, 0.1) is 0 Å². The van der Waals surface area contributed by atoms with Crippen LogP contribution in [0.3, 0.4) is 0 Å². The summed E-state index contributed by atoms with van der Waals surface area (Å²) in [7, 11) is 0. The highest BCUT2D eigenvalue weighted by Gasteiger charge is 2.01. The van der Waals surface area contributed by atoms with Gasteiger partial charge in [-0.05, 0) is 24.3 Å². The van der Waals surface area contributed by atoms with Gasteiger partial charge in [-0.2, -0.15) is 4.98 Å². The average Bonchev–Trinajstić information content (AvgIpc) is 2.61. The highest BCUT2D eigenvalue weighted by Crippen LogP contribution is 2.10. The Hall–Kier alpha value is -3.22. The minimum Gasteiger partial charge on any atom is -0.492 e. The zero-order valence-corrected chi connectivity index (χ0v) is 12.4. The maximum Gasteiger partial charge on any atom is 0.231 e. The number of para-hydroxylation sites is 1. The van der Waals surface area contributed by atoms with Gasteiger partial charge in [-0.15, -0.1) is 0 Å². The molecule has 0 aliphatic carbocycles. The van der Waals surface area contributed by atoms with E-state index in [1.165, 1.54) is 0 Å². The van der Waals surface area contributed by atoms with Crippen molar-refractivity contribution in [3.05, 3.63) is 61.1 Å². The van der Waals surface area contributed by atoms with Gasteiger partial charge in [0.2, 0.25) is 11.9 Å². The summed E-state index contributed by atoms with van der Waals surface area (Å²) in [5.74, 6) is 2.44. The predicted octanol–water partition coefficient (Wildman–Crippen LogP) is 2.50. The van der Waals surface area contributed by atoms with E-state index in [2.05, 4.69) is 30.6 Å². The lowest BCUT2D eigenvalue weighted by Crippen LogP contribution is -2.13. The molecule has 2 aromatic heterocycles. The quantitative estimate of drug-likeness (QED) is 0.649. The maximum absolute atomic E-state index is 5.61. The number of nitrogens with one attached hydrogen (secondary N) is 2. The van der Waals surface area contributed by atoms with E-state index < -0.39 is 0 Å². The van der Waals surface area contributed by atoms with Gasteiger partial charge in [-0.25, -0.2) is 15.0 Å². The lowest BCUT2D eigenvalue weighted by molar-refractivity contribution is 0.333. The fourth-order valence-corrected chi connectivity index (χ4v) is 1.85. The second-order valence-corrected chi connectivity index (χ2v) is 4.55. The molecule has 0 fully saturated rings. The Kier molecular flexibility index (Phi) is 4.92. The lowest BCUT2D eigenvalue weighted by atomic mass is 10.3. The monoisotopic (exact) mass is 308 g/mol. The minimum atomic E-state index is 0.435. The van der Waals surface area contributed by atoms with Crippen molar-refractivity contribution in [1.82, 2.24) is 19.9 Å².